The van der Waals surface area contributed by atoms with Crippen LogP contribution in [-0.4, -0.2) is 30.3 Å². The Morgan fingerprint density at radius 1 is 1.17 bits per heavy atom. The molecule has 0 aliphatic heterocycles. The first-order valence-corrected chi connectivity index (χ1v) is 8.52. The summed E-state index contributed by atoms with van der Waals surface area (Å²) in [6, 6.07) is 14.6. The van der Waals surface area contributed by atoms with Crippen molar-refractivity contribution in [1.82, 2.24) is 10.6 Å². The normalized spacial score (nSPS) is 12.8. The van der Waals surface area contributed by atoms with Gasteiger partial charge in [-0.15, -0.1) is 0 Å². The van der Waals surface area contributed by atoms with Gasteiger partial charge >= 0.3 is 6.03 Å². The highest BCUT2D eigenvalue weighted by Crippen LogP contribution is 2.18. The maximum absolute atomic E-state index is 12.0. The lowest BCUT2D eigenvalue weighted by atomic mass is 9.90. The molecule has 2 amide bonds. The number of aliphatic hydroxyl groups is 1. The van der Waals surface area contributed by atoms with Crippen LogP contribution in [0.1, 0.15) is 32.8 Å². The third-order valence-corrected chi connectivity index (χ3v) is 4.25. The molecule has 0 aliphatic carbocycles. The fourth-order valence-electron chi connectivity index (χ4n) is 2.76. The van der Waals surface area contributed by atoms with Crippen molar-refractivity contribution in [2.45, 2.75) is 39.7 Å². The van der Waals surface area contributed by atoms with E-state index in [2.05, 4.69) is 41.0 Å². The highest BCUT2D eigenvalue weighted by molar-refractivity contribution is 5.83. The van der Waals surface area contributed by atoms with Gasteiger partial charge in [0.1, 0.15) is 0 Å². The molecule has 2 rings (SSSR count). The Morgan fingerprint density at radius 2 is 1.88 bits per heavy atom. The summed E-state index contributed by atoms with van der Waals surface area (Å²) in [5.74, 6) is 0. The molecule has 4 nitrogen and oxygen atoms in total. The van der Waals surface area contributed by atoms with Gasteiger partial charge in [0.25, 0.3) is 0 Å². The van der Waals surface area contributed by atoms with Crippen molar-refractivity contribution in [2.24, 2.45) is 5.41 Å². The number of benzene rings is 2. The molecule has 2 aromatic carbocycles. The van der Waals surface area contributed by atoms with E-state index < -0.39 is 0 Å². The van der Waals surface area contributed by atoms with E-state index in [0.29, 0.717) is 13.0 Å². The van der Waals surface area contributed by atoms with Crippen LogP contribution < -0.4 is 10.6 Å². The largest absolute Gasteiger partial charge is 0.396 e. The maximum Gasteiger partial charge on any atom is 0.315 e. The van der Waals surface area contributed by atoms with Crippen LogP contribution in [0.25, 0.3) is 10.8 Å². The van der Waals surface area contributed by atoms with Crippen LogP contribution in [0.15, 0.2) is 42.5 Å². The average molecular weight is 328 g/mol. The standard InChI is InChI=1S/C20H28N2O2/c1-15(22-19(24)21-14-20(2,3)10-11-23)12-16-8-9-17-6-4-5-7-18(17)13-16/h4-9,13,15,23H,10-12,14H2,1-3H3,(H2,21,22,24). The van der Waals surface area contributed by atoms with Crippen LogP contribution in [0, 0.1) is 5.41 Å². The molecular weight excluding hydrogens is 300 g/mol. The molecular formula is C20H28N2O2. The number of rotatable bonds is 7. The molecule has 0 fully saturated rings. The number of carbonyl (C=O) groups excluding carboxylic acids is 1. The molecule has 1 atom stereocenters. The minimum Gasteiger partial charge on any atom is -0.396 e. The van der Waals surface area contributed by atoms with E-state index in [1.54, 1.807) is 0 Å². The highest BCUT2D eigenvalue weighted by Gasteiger charge is 2.18. The smallest absolute Gasteiger partial charge is 0.315 e. The fourth-order valence-corrected chi connectivity index (χ4v) is 2.76. The zero-order valence-corrected chi connectivity index (χ0v) is 14.8. The second-order valence-corrected chi connectivity index (χ2v) is 7.25. The number of amides is 2. The molecule has 0 saturated carbocycles. The predicted octanol–water partition coefficient (Wildman–Crippen LogP) is 3.48. The Kier molecular flexibility index (Phi) is 6.21. The SMILES string of the molecule is CC(Cc1ccc2ccccc2c1)NC(=O)NCC(C)(C)CCO. The number of hydrogen-bond donors (Lipinski definition) is 3. The quantitative estimate of drug-likeness (QED) is 0.729. The van der Waals surface area contributed by atoms with Gasteiger partial charge in [0.05, 0.1) is 0 Å². The number of nitrogens with one attached hydrogen (secondary N) is 2. The van der Waals surface area contributed by atoms with Crippen molar-refractivity contribution in [3.05, 3.63) is 48.0 Å². The molecule has 4 heteroatoms. The van der Waals surface area contributed by atoms with Gasteiger partial charge in [-0.3, -0.25) is 0 Å². The zero-order chi connectivity index (χ0) is 17.6. The number of carbonyl (C=O) groups is 1. The van der Waals surface area contributed by atoms with Crippen LogP contribution in [0.5, 0.6) is 0 Å². The number of hydrogen-bond acceptors (Lipinski definition) is 2. The summed E-state index contributed by atoms with van der Waals surface area (Å²) in [6.45, 7) is 6.74. The molecule has 0 bridgehead atoms. The summed E-state index contributed by atoms with van der Waals surface area (Å²) in [5.41, 5.74) is 1.11. The summed E-state index contributed by atoms with van der Waals surface area (Å²) in [7, 11) is 0. The van der Waals surface area contributed by atoms with Gasteiger partial charge < -0.3 is 15.7 Å². The van der Waals surface area contributed by atoms with Gasteiger partial charge in [0, 0.05) is 19.2 Å². The molecule has 0 spiro atoms. The van der Waals surface area contributed by atoms with Crippen LogP contribution in [0.3, 0.4) is 0 Å². The molecule has 1 unspecified atom stereocenters. The fraction of sp³-hybridized carbons (Fsp3) is 0.450. The Labute approximate surface area is 144 Å². The monoisotopic (exact) mass is 328 g/mol. The minimum absolute atomic E-state index is 0.0483. The Hall–Kier alpha value is -2.07. The molecule has 0 aliphatic rings. The molecule has 130 valence electrons. The second-order valence-electron chi connectivity index (χ2n) is 7.25. The Balaban J connectivity index is 1.85. The molecule has 24 heavy (non-hydrogen) atoms. The molecule has 0 radical (unpaired) electrons. The maximum atomic E-state index is 12.0. The third-order valence-electron chi connectivity index (χ3n) is 4.25. The van der Waals surface area contributed by atoms with Crippen molar-refractivity contribution in [2.75, 3.05) is 13.2 Å². The summed E-state index contributed by atoms with van der Waals surface area (Å²) >= 11 is 0. The van der Waals surface area contributed by atoms with Crippen LogP contribution >= 0.6 is 0 Å². The molecule has 0 heterocycles. The molecule has 3 N–H and O–H groups in total. The molecule has 0 saturated heterocycles. The van der Waals surface area contributed by atoms with Crippen molar-refractivity contribution in [3.63, 3.8) is 0 Å². The van der Waals surface area contributed by atoms with Crippen LogP contribution in [0.2, 0.25) is 0 Å². The zero-order valence-electron chi connectivity index (χ0n) is 14.8. The number of aliphatic hydroxyl groups excluding tert-OH is 1. The molecule has 2 aromatic rings. The van der Waals surface area contributed by atoms with E-state index in [0.717, 1.165) is 6.42 Å². The first-order chi connectivity index (χ1) is 11.4. The van der Waals surface area contributed by atoms with Gasteiger partial charge in [-0.05, 0) is 41.5 Å². The van der Waals surface area contributed by atoms with Gasteiger partial charge in [0.15, 0.2) is 0 Å². The second kappa shape index (κ2) is 8.15. The summed E-state index contributed by atoms with van der Waals surface area (Å²) in [6.07, 6.45) is 1.46. The van der Waals surface area contributed by atoms with Crippen molar-refractivity contribution in [1.29, 1.82) is 0 Å². The van der Waals surface area contributed by atoms with Gasteiger partial charge in [0.2, 0.25) is 0 Å². The lowest BCUT2D eigenvalue weighted by molar-refractivity contribution is 0.200. The first kappa shape index (κ1) is 18.3. The predicted molar refractivity (Wildman–Crippen MR) is 99.1 cm³/mol. The van der Waals surface area contributed by atoms with Crippen LogP contribution in [-0.2, 0) is 6.42 Å². The van der Waals surface area contributed by atoms with E-state index in [9.17, 15) is 4.79 Å². The summed E-state index contributed by atoms with van der Waals surface area (Å²) < 4.78 is 0. The Morgan fingerprint density at radius 3 is 2.58 bits per heavy atom. The van der Waals surface area contributed by atoms with Gasteiger partial charge in [-0.2, -0.15) is 0 Å². The molecule has 0 aromatic heterocycles. The van der Waals surface area contributed by atoms with E-state index in [1.165, 1.54) is 16.3 Å². The summed E-state index contributed by atoms with van der Waals surface area (Å²) in [4.78, 5) is 12.0. The van der Waals surface area contributed by atoms with E-state index >= 15 is 0 Å². The van der Waals surface area contributed by atoms with Crippen molar-refractivity contribution < 1.29 is 9.90 Å². The lowest BCUT2D eigenvalue weighted by Crippen LogP contribution is -2.45. The lowest BCUT2D eigenvalue weighted by Gasteiger charge is -2.24. The number of fused-ring (bicyclic) bond motifs is 1. The Bertz CT molecular complexity index is 682. The number of urea groups is 1. The average Bonchev–Trinajstić information content (AvgIpc) is 2.53. The van der Waals surface area contributed by atoms with E-state index in [-0.39, 0.29) is 24.1 Å². The van der Waals surface area contributed by atoms with E-state index in [4.69, 9.17) is 5.11 Å². The van der Waals surface area contributed by atoms with Crippen molar-refractivity contribution in [3.8, 4) is 0 Å². The minimum atomic E-state index is -0.158. The van der Waals surface area contributed by atoms with Gasteiger partial charge in [-0.25, -0.2) is 4.79 Å². The summed E-state index contributed by atoms with van der Waals surface area (Å²) in [5, 5.41) is 17.3. The van der Waals surface area contributed by atoms with E-state index in [1.807, 2.05) is 32.9 Å². The van der Waals surface area contributed by atoms with Crippen molar-refractivity contribution >= 4 is 16.8 Å². The van der Waals surface area contributed by atoms with Gasteiger partial charge in [-0.1, -0.05) is 56.3 Å². The third kappa shape index (κ3) is 5.53. The highest BCUT2D eigenvalue weighted by atomic mass is 16.3. The topological polar surface area (TPSA) is 61.4 Å². The first-order valence-electron chi connectivity index (χ1n) is 8.52. The van der Waals surface area contributed by atoms with Crippen LogP contribution in [0.4, 0.5) is 4.79 Å².